The molecule has 11 heteroatoms. The Morgan fingerprint density at radius 1 is 1.48 bits per heavy atom. The molecule has 27 heavy (non-hydrogen) atoms. The molecule has 0 saturated carbocycles. The van der Waals surface area contributed by atoms with Crippen LogP contribution in [0.4, 0.5) is 19.1 Å². The van der Waals surface area contributed by atoms with E-state index in [1.165, 1.54) is 6.07 Å². The fourth-order valence-corrected chi connectivity index (χ4v) is 2.71. The van der Waals surface area contributed by atoms with Crippen LogP contribution in [0.2, 0.25) is 0 Å². The van der Waals surface area contributed by atoms with Gasteiger partial charge in [-0.05, 0) is 19.8 Å². The Balaban J connectivity index is 0.000000321. The summed E-state index contributed by atoms with van der Waals surface area (Å²) < 4.78 is 36.7. The lowest BCUT2D eigenvalue weighted by Crippen LogP contribution is -2.37. The Kier molecular flexibility index (Phi) is 6.03. The van der Waals surface area contributed by atoms with Crippen molar-refractivity contribution in [2.24, 2.45) is 0 Å². The zero-order chi connectivity index (χ0) is 20.2. The number of aromatic amines is 1. The number of aromatic nitrogens is 2. The number of carboxylic acids is 1. The Morgan fingerprint density at radius 3 is 2.67 bits per heavy atom. The van der Waals surface area contributed by atoms with E-state index >= 15 is 0 Å². The Hall–Kier alpha value is -3.11. The number of nitrogens with one attached hydrogen (secondary N) is 1. The van der Waals surface area contributed by atoms with Crippen molar-refractivity contribution in [2.45, 2.75) is 32.0 Å². The van der Waals surface area contributed by atoms with E-state index < -0.39 is 17.8 Å². The van der Waals surface area contributed by atoms with E-state index in [0.29, 0.717) is 17.3 Å². The Labute approximate surface area is 150 Å². The van der Waals surface area contributed by atoms with Gasteiger partial charge in [-0.2, -0.15) is 13.2 Å². The monoisotopic (exact) mass is 387 g/mol. The molecule has 1 fully saturated rings. The fourth-order valence-electron chi connectivity index (χ4n) is 2.71. The number of H-pyrrole nitrogens is 1. The number of hydrogen-bond acceptors (Lipinski definition) is 7. The van der Waals surface area contributed by atoms with Crippen LogP contribution >= 0.6 is 0 Å². The second-order valence-corrected chi connectivity index (χ2v) is 5.69. The van der Waals surface area contributed by atoms with Gasteiger partial charge >= 0.3 is 17.8 Å². The van der Waals surface area contributed by atoms with Crippen molar-refractivity contribution in [3.05, 3.63) is 46.3 Å². The number of nitrogens with zero attached hydrogens (tertiary/aromatic N) is 2. The maximum Gasteiger partial charge on any atom is 0.430 e. The summed E-state index contributed by atoms with van der Waals surface area (Å²) in [5.41, 5.74) is -0.164. The first-order valence-electron chi connectivity index (χ1n) is 7.82. The van der Waals surface area contributed by atoms with Crippen LogP contribution in [0.25, 0.3) is 0 Å². The van der Waals surface area contributed by atoms with E-state index in [2.05, 4.69) is 9.97 Å². The predicted octanol–water partition coefficient (Wildman–Crippen LogP) is 0.503. The molecule has 2 aromatic heterocycles. The maximum atomic E-state index is 12.0. The van der Waals surface area contributed by atoms with Crippen LogP contribution in [-0.4, -0.2) is 28.8 Å². The van der Waals surface area contributed by atoms with Gasteiger partial charge < -0.3 is 19.4 Å². The SMILES string of the molecule is Cc1cc(O)c(C2CCCN2c2nccc[nH+]2)c(=O)o1.O=C([O-])C(F)(F)F. The van der Waals surface area contributed by atoms with Crippen LogP contribution in [0.1, 0.15) is 30.2 Å². The summed E-state index contributed by atoms with van der Waals surface area (Å²) in [6.45, 7) is 2.43. The summed E-state index contributed by atoms with van der Waals surface area (Å²) >= 11 is 0. The molecule has 1 aliphatic rings. The van der Waals surface area contributed by atoms with Gasteiger partial charge in [0.1, 0.15) is 35.3 Å². The van der Waals surface area contributed by atoms with Gasteiger partial charge in [-0.3, -0.25) is 4.90 Å². The lowest BCUT2D eigenvalue weighted by atomic mass is 10.1. The van der Waals surface area contributed by atoms with Crippen molar-refractivity contribution in [1.29, 1.82) is 0 Å². The highest BCUT2D eigenvalue weighted by atomic mass is 19.4. The molecule has 1 aliphatic heterocycles. The van der Waals surface area contributed by atoms with Gasteiger partial charge in [0.2, 0.25) is 0 Å². The highest BCUT2D eigenvalue weighted by Gasteiger charge is 2.37. The highest BCUT2D eigenvalue weighted by molar-refractivity contribution is 5.70. The van der Waals surface area contributed by atoms with E-state index in [4.69, 9.17) is 14.3 Å². The number of alkyl halides is 3. The minimum Gasteiger partial charge on any atom is -0.542 e. The quantitative estimate of drug-likeness (QED) is 0.797. The number of carbonyl (C=O) groups is 1. The lowest BCUT2D eigenvalue weighted by molar-refractivity contribution is -0.368. The van der Waals surface area contributed by atoms with E-state index in [-0.39, 0.29) is 11.8 Å². The fraction of sp³-hybridized carbons (Fsp3) is 0.375. The molecule has 3 rings (SSSR count). The summed E-state index contributed by atoms with van der Waals surface area (Å²) in [5, 5.41) is 18.9. The Morgan fingerprint density at radius 2 is 2.15 bits per heavy atom. The van der Waals surface area contributed by atoms with Gasteiger partial charge in [-0.25, -0.2) is 9.78 Å². The third-order valence-corrected chi connectivity index (χ3v) is 3.77. The van der Waals surface area contributed by atoms with Crippen LogP contribution < -0.4 is 20.6 Å². The van der Waals surface area contributed by atoms with Crippen molar-refractivity contribution in [2.75, 3.05) is 11.4 Å². The molecule has 2 N–H and O–H groups in total. The second kappa shape index (κ2) is 8.06. The zero-order valence-electron chi connectivity index (χ0n) is 14.1. The van der Waals surface area contributed by atoms with E-state index in [1.807, 2.05) is 4.90 Å². The number of halogens is 3. The van der Waals surface area contributed by atoms with Crippen molar-refractivity contribution >= 4 is 11.9 Å². The molecular weight excluding hydrogens is 371 g/mol. The smallest absolute Gasteiger partial charge is 0.430 e. The second-order valence-electron chi connectivity index (χ2n) is 5.69. The summed E-state index contributed by atoms with van der Waals surface area (Å²) in [7, 11) is 0. The molecule has 0 aliphatic carbocycles. The van der Waals surface area contributed by atoms with Gasteiger partial charge in [0.05, 0.1) is 12.7 Å². The number of aromatic hydroxyl groups is 1. The van der Waals surface area contributed by atoms with Gasteiger partial charge in [0.15, 0.2) is 0 Å². The third-order valence-electron chi connectivity index (χ3n) is 3.77. The van der Waals surface area contributed by atoms with Crippen LogP contribution in [0.3, 0.4) is 0 Å². The number of hydrogen-bond donors (Lipinski definition) is 1. The number of carbonyl (C=O) groups excluding carboxylic acids is 1. The third kappa shape index (κ3) is 4.96. The van der Waals surface area contributed by atoms with Crippen molar-refractivity contribution in [3.63, 3.8) is 0 Å². The summed E-state index contributed by atoms with van der Waals surface area (Å²) in [6.07, 6.45) is 0.00151. The van der Waals surface area contributed by atoms with E-state index in [1.54, 1.807) is 25.4 Å². The molecule has 0 bridgehead atoms. The number of anilines is 1. The molecule has 0 amide bonds. The molecule has 146 valence electrons. The van der Waals surface area contributed by atoms with Gasteiger partial charge in [-0.1, -0.05) is 4.98 Å². The van der Waals surface area contributed by atoms with Crippen molar-refractivity contribution < 1.29 is 37.6 Å². The number of carboxylic acid groups (broad SMARTS) is 1. The van der Waals surface area contributed by atoms with Crippen LogP contribution in [-0.2, 0) is 4.79 Å². The molecule has 1 atom stereocenters. The molecule has 8 nitrogen and oxygen atoms in total. The predicted molar refractivity (Wildman–Crippen MR) is 82.6 cm³/mol. The van der Waals surface area contributed by atoms with Crippen molar-refractivity contribution in [1.82, 2.24) is 4.98 Å². The standard InChI is InChI=1S/C14H15N3O3.C2HF3O2/c1-9-8-11(18)12(13(19)20-9)10-4-2-7-17(10)14-15-5-3-6-16-14;3-2(4,5)1(6)7/h3,5-6,8,10,18H,2,4,7H2,1H3;(H,6,7). The van der Waals surface area contributed by atoms with Crippen LogP contribution in [0, 0.1) is 6.92 Å². The molecule has 1 unspecified atom stereocenters. The average molecular weight is 387 g/mol. The van der Waals surface area contributed by atoms with E-state index in [9.17, 15) is 23.1 Å². The lowest BCUT2D eigenvalue weighted by Gasteiger charge is -2.18. The van der Waals surface area contributed by atoms with Crippen LogP contribution in [0.15, 0.2) is 33.7 Å². The summed E-state index contributed by atoms with van der Waals surface area (Å²) in [5.74, 6) is -1.92. The number of aryl methyl sites for hydroxylation is 1. The summed E-state index contributed by atoms with van der Waals surface area (Å²) in [4.78, 5) is 30.1. The first-order chi connectivity index (χ1) is 12.6. The largest absolute Gasteiger partial charge is 0.542 e. The molecule has 2 aromatic rings. The Bertz CT molecular complexity index is 855. The van der Waals surface area contributed by atoms with Gasteiger partial charge in [0.25, 0.3) is 0 Å². The molecule has 0 radical (unpaired) electrons. The minimum atomic E-state index is -5.19. The van der Waals surface area contributed by atoms with Gasteiger partial charge in [0, 0.05) is 12.1 Å². The molecule has 0 aromatic carbocycles. The summed E-state index contributed by atoms with van der Waals surface area (Å²) in [6, 6.07) is 3.07. The van der Waals surface area contributed by atoms with Crippen LogP contribution in [0.5, 0.6) is 5.75 Å². The first-order valence-corrected chi connectivity index (χ1v) is 7.82. The zero-order valence-corrected chi connectivity index (χ0v) is 14.1. The average Bonchev–Trinajstić information content (AvgIpc) is 3.03. The molecule has 1 saturated heterocycles. The van der Waals surface area contributed by atoms with Crippen molar-refractivity contribution in [3.8, 4) is 5.75 Å². The topological polar surface area (TPSA) is 121 Å². The van der Waals surface area contributed by atoms with E-state index in [0.717, 1.165) is 19.4 Å². The minimum absolute atomic E-state index is 0.00780. The highest BCUT2D eigenvalue weighted by Crippen LogP contribution is 2.35. The van der Waals surface area contributed by atoms with Gasteiger partial charge in [-0.15, -0.1) is 0 Å². The molecular formula is C16H16F3N3O5. The maximum absolute atomic E-state index is 12.0. The normalized spacial score (nSPS) is 16.6. The first kappa shape index (κ1) is 20.2. The number of aliphatic carboxylic acids is 1. The molecule has 3 heterocycles. The number of rotatable bonds is 2. The molecule has 0 spiro atoms.